The Morgan fingerprint density at radius 3 is 2.64 bits per heavy atom. The number of rotatable bonds is 3. The molecule has 14 heavy (non-hydrogen) atoms. The fourth-order valence-electron chi connectivity index (χ4n) is 1.09. The highest BCUT2D eigenvalue weighted by Crippen LogP contribution is 2.16. The fourth-order valence-corrected chi connectivity index (χ4v) is 1.09. The summed E-state index contributed by atoms with van der Waals surface area (Å²) in [5, 5.41) is 0. The van der Waals surface area contributed by atoms with E-state index in [0.29, 0.717) is 11.1 Å². The fraction of sp³-hybridized carbons (Fsp3) is 0.0769. The van der Waals surface area contributed by atoms with Gasteiger partial charge in [-0.05, 0) is 18.6 Å². The Hall–Kier alpha value is -1.63. The van der Waals surface area contributed by atoms with Gasteiger partial charge in [-0.15, -0.1) is 0 Å². The van der Waals surface area contributed by atoms with E-state index in [-0.39, 0.29) is 5.82 Å². The third-order valence-electron chi connectivity index (χ3n) is 1.82. The Bertz CT molecular complexity index is 373. The van der Waals surface area contributed by atoms with E-state index in [1.807, 2.05) is 25.2 Å². The van der Waals surface area contributed by atoms with Crippen molar-refractivity contribution in [3.8, 4) is 0 Å². The molecule has 0 aliphatic carbocycles. The van der Waals surface area contributed by atoms with Crippen molar-refractivity contribution < 1.29 is 4.39 Å². The van der Waals surface area contributed by atoms with Gasteiger partial charge in [0.05, 0.1) is 0 Å². The van der Waals surface area contributed by atoms with Crippen molar-refractivity contribution in [2.45, 2.75) is 6.92 Å². The maximum atomic E-state index is 13.2. The maximum Gasteiger partial charge on any atom is 0.131 e. The lowest BCUT2D eigenvalue weighted by molar-refractivity contribution is 0.624. The van der Waals surface area contributed by atoms with Gasteiger partial charge in [0.25, 0.3) is 0 Å². The summed E-state index contributed by atoms with van der Waals surface area (Å²) in [4.78, 5) is 0. The molecule has 1 aromatic rings. The first-order valence-electron chi connectivity index (χ1n) is 4.49. The van der Waals surface area contributed by atoms with Crippen molar-refractivity contribution in [2.24, 2.45) is 0 Å². The van der Waals surface area contributed by atoms with E-state index in [9.17, 15) is 4.39 Å². The van der Waals surface area contributed by atoms with Gasteiger partial charge in [-0.3, -0.25) is 0 Å². The first-order valence-corrected chi connectivity index (χ1v) is 4.49. The molecule has 0 aliphatic heterocycles. The minimum Gasteiger partial charge on any atom is -0.206 e. The second-order valence-electron chi connectivity index (χ2n) is 2.89. The van der Waals surface area contributed by atoms with Gasteiger partial charge >= 0.3 is 0 Å². The molecule has 0 radical (unpaired) electrons. The van der Waals surface area contributed by atoms with Gasteiger partial charge in [-0.25, -0.2) is 4.39 Å². The highest BCUT2D eigenvalue weighted by Gasteiger charge is 2.00. The van der Waals surface area contributed by atoms with Crippen LogP contribution in [0.25, 0.3) is 5.57 Å². The Kier molecular flexibility index (Phi) is 3.86. The van der Waals surface area contributed by atoms with E-state index in [1.165, 1.54) is 6.07 Å². The predicted octanol–water partition coefficient (Wildman–Crippen LogP) is 3.97. The molecule has 0 atom stereocenters. The van der Waals surface area contributed by atoms with Crippen LogP contribution in [0.5, 0.6) is 0 Å². The highest BCUT2D eigenvalue weighted by atomic mass is 19.1. The van der Waals surface area contributed by atoms with Gasteiger partial charge in [0.2, 0.25) is 0 Å². The van der Waals surface area contributed by atoms with E-state index in [1.54, 1.807) is 24.3 Å². The molecule has 0 bridgehead atoms. The molecule has 72 valence electrons. The van der Waals surface area contributed by atoms with Crippen LogP contribution in [0.15, 0.2) is 55.1 Å². The minimum absolute atomic E-state index is 0.234. The largest absolute Gasteiger partial charge is 0.206 e. The summed E-state index contributed by atoms with van der Waals surface area (Å²) in [5.74, 6) is -0.234. The van der Waals surface area contributed by atoms with Crippen LogP contribution in [0.4, 0.5) is 4.39 Å². The van der Waals surface area contributed by atoms with Crippen LogP contribution in [-0.4, -0.2) is 0 Å². The van der Waals surface area contributed by atoms with Crippen LogP contribution in [0.1, 0.15) is 12.5 Å². The lowest BCUT2D eigenvalue weighted by Gasteiger charge is -2.00. The Labute approximate surface area is 84.1 Å². The van der Waals surface area contributed by atoms with Crippen molar-refractivity contribution >= 4 is 5.57 Å². The second-order valence-corrected chi connectivity index (χ2v) is 2.89. The Morgan fingerprint density at radius 2 is 2.00 bits per heavy atom. The predicted molar refractivity (Wildman–Crippen MR) is 59.4 cm³/mol. The van der Waals surface area contributed by atoms with Crippen LogP contribution in [0.2, 0.25) is 0 Å². The average molecular weight is 188 g/mol. The van der Waals surface area contributed by atoms with Crippen molar-refractivity contribution in [1.82, 2.24) is 0 Å². The van der Waals surface area contributed by atoms with Crippen molar-refractivity contribution in [2.75, 3.05) is 0 Å². The summed E-state index contributed by atoms with van der Waals surface area (Å²) in [6, 6.07) is 6.62. The average Bonchev–Trinajstić information content (AvgIpc) is 2.18. The monoisotopic (exact) mass is 188 g/mol. The van der Waals surface area contributed by atoms with Crippen LogP contribution in [-0.2, 0) is 0 Å². The lowest BCUT2D eigenvalue weighted by Crippen LogP contribution is -1.84. The zero-order chi connectivity index (χ0) is 10.4. The number of allylic oxidation sites excluding steroid dienone is 5. The molecule has 0 aliphatic rings. The summed E-state index contributed by atoms with van der Waals surface area (Å²) < 4.78 is 13.2. The van der Waals surface area contributed by atoms with E-state index in [2.05, 4.69) is 6.58 Å². The van der Waals surface area contributed by atoms with E-state index >= 15 is 0 Å². The number of halogens is 1. The summed E-state index contributed by atoms with van der Waals surface area (Å²) in [5.41, 5.74) is 1.23. The number of hydrogen-bond acceptors (Lipinski definition) is 0. The molecule has 1 heteroatoms. The summed E-state index contributed by atoms with van der Waals surface area (Å²) in [7, 11) is 0. The smallest absolute Gasteiger partial charge is 0.131 e. The molecule has 0 amide bonds. The molecule has 0 saturated heterocycles. The first kappa shape index (κ1) is 10.5. The van der Waals surface area contributed by atoms with Gasteiger partial charge < -0.3 is 0 Å². The van der Waals surface area contributed by atoms with Gasteiger partial charge in [-0.1, -0.05) is 49.1 Å². The Morgan fingerprint density at radius 1 is 1.29 bits per heavy atom. The third kappa shape index (κ3) is 2.70. The van der Waals surface area contributed by atoms with Gasteiger partial charge in [0, 0.05) is 5.56 Å². The molecule has 0 unspecified atom stereocenters. The van der Waals surface area contributed by atoms with Crippen molar-refractivity contribution in [3.63, 3.8) is 0 Å². The van der Waals surface area contributed by atoms with E-state index in [4.69, 9.17) is 0 Å². The zero-order valence-corrected chi connectivity index (χ0v) is 8.20. The maximum absolute atomic E-state index is 13.2. The van der Waals surface area contributed by atoms with Gasteiger partial charge in [0.15, 0.2) is 0 Å². The van der Waals surface area contributed by atoms with E-state index < -0.39 is 0 Å². The summed E-state index contributed by atoms with van der Waals surface area (Å²) in [6.07, 6.45) is 7.42. The standard InChI is InChI=1S/C13H13F/c1-3-4-5-8-11(2)12-9-6-7-10-13(12)14/h3-10H,2H2,1H3/b4-3-,8-5-. The normalized spacial score (nSPS) is 11.3. The van der Waals surface area contributed by atoms with E-state index in [0.717, 1.165) is 0 Å². The molecule has 0 N–H and O–H groups in total. The second kappa shape index (κ2) is 5.18. The Balaban J connectivity index is 2.85. The van der Waals surface area contributed by atoms with Crippen LogP contribution < -0.4 is 0 Å². The molecular formula is C13H13F. The molecule has 1 aromatic carbocycles. The minimum atomic E-state index is -0.234. The molecule has 0 fully saturated rings. The topological polar surface area (TPSA) is 0 Å². The number of benzene rings is 1. The molecule has 0 aromatic heterocycles. The summed E-state index contributed by atoms with van der Waals surface area (Å²) >= 11 is 0. The van der Waals surface area contributed by atoms with Crippen LogP contribution >= 0.6 is 0 Å². The van der Waals surface area contributed by atoms with Crippen LogP contribution in [0.3, 0.4) is 0 Å². The van der Waals surface area contributed by atoms with Gasteiger partial charge in [-0.2, -0.15) is 0 Å². The molecule has 0 saturated carbocycles. The van der Waals surface area contributed by atoms with Crippen molar-refractivity contribution in [3.05, 3.63) is 66.5 Å². The first-order chi connectivity index (χ1) is 6.75. The number of hydrogen-bond donors (Lipinski definition) is 0. The SMILES string of the molecule is C=C(/C=C\C=C/C)c1ccccc1F. The molecule has 0 nitrogen and oxygen atoms in total. The lowest BCUT2D eigenvalue weighted by atomic mass is 10.1. The van der Waals surface area contributed by atoms with Crippen molar-refractivity contribution in [1.29, 1.82) is 0 Å². The molecule has 0 heterocycles. The summed E-state index contributed by atoms with van der Waals surface area (Å²) in [6.45, 7) is 5.72. The van der Waals surface area contributed by atoms with Gasteiger partial charge in [0.1, 0.15) is 5.82 Å². The quantitative estimate of drug-likeness (QED) is 0.629. The molecular weight excluding hydrogens is 175 g/mol. The zero-order valence-electron chi connectivity index (χ0n) is 8.20. The molecule has 1 rings (SSSR count). The molecule has 0 spiro atoms. The third-order valence-corrected chi connectivity index (χ3v) is 1.82. The van der Waals surface area contributed by atoms with Crippen LogP contribution in [0, 0.1) is 5.82 Å². The highest BCUT2D eigenvalue weighted by molar-refractivity contribution is 5.72.